The number of hydrogen-bond acceptors (Lipinski definition) is 4. The zero-order valence-electron chi connectivity index (χ0n) is 12.8. The first-order valence-corrected chi connectivity index (χ1v) is 7.21. The van der Waals surface area contributed by atoms with Crippen molar-refractivity contribution in [3.63, 3.8) is 0 Å². The predicted octanol–water partition coefficient (Wildman–Crippen LogP) is 1.44. The van der Waals surface area contributed by atoms with Crippen LogP contribution in [0.15, 0.2) is 6.33 Å². The second-order valence-electron chi connectivity index (χ2n) is 5.17. The smallest absolute Gasteiger partial charge is 0.148 e. The van der Waals surface area contributed by atoms with E-state index in [0.29, 0.717) is 6.54 Å². The van der Waals surface area contributed by atoms with E-state index in [0.717, 1.165) is 30.9 Å². The highest BCUT2D eigenvalue weighted by atomic mass is 15.4. The minimum absolute atomic E-state index is 0.198. The first-order valence-electron chi connectivity index (χ1n) is 7.21. The molecule has 0 spiro atoms. The van der Waals surface area contributed by atoms with Crippen LogP contribution in [0.2, 0.25) is 0 Å². The number of hydrogen-bond donors (Lipinski definition) is 1. The zero-order valence-corrected chi connectivity index (χ0v) is 12.8. The summed E-state index contributed by atoms with van der Waals surface area (Å²) >= 11 is 0. The van der Waals surface area contributed by atoms with Crippen molar-refractivity contribution in [2.75, 3.05) is 0 Å². The summed E-state index contributed by atoms with van der Waals surface area (Å²) in [5.74, 6) is 0.935. The van der Waals surface area contributed by atoms with Crippen LogP contribution in [0.4, 0.5) is 0 Å². The average Bonchev–Trinajstić information content (AvgIpc) is 2.98. The summed E-state index contributed by atoms with van der Waals surface area (Å²) < 4.78 is 3.90. The van der Waals surface area contributed by atoms with Crippen molar-refractivity contribution in [2.24, 2.45) is 5.73 Å². The van der Waals surface area contributed by atoms with Crippen LogP contribution in [-0.4, -0.2) is 30.6 Å². The first kappa shape index (κ1) is 14.7. The molecule has 0 saturated carbocycles. The van der Waals surface area contributed by atoms with E-state index in [2.05, 4.69) is 36.0 Å². The van der Waals surface area contributed by atoms with Gasteiger partial charge in [0.25, 0.3) is 0 Å². The van der Waals surface area contributed by atoms with Crippen molar-refractivity contribution in [3.8, 4) is 0 Å². The lowest BCUT2D eigenvalue weighted by molar-refractivity contribution is 0.558. The second-order valence-corrected chi connectivity index (χ2v) is 5.17. The molecule has 2 heterocycles. The Hall–Kier alpha value is -1.69. The van der Waals surface area contributed by atoms with Gasteiger partial charge in [0.15, 0.2) is 0 Å². The SMILES string of the molecule is CCC(N)Cc1c(C)nn(Cc2ncnn2CC)c1C. The van der Waals surface area contributed by atoms with Gasteiger partial charge < -0.3 is 5.73 Å². The van der Waals surface area contributed by atoms with Gasteiger partial charge in [-0.25, -0.2) is 9.67 Å². The molecule has 1 atom stereocenters. The highest BCUT2D eigenvalue weighted by Gasteiger charge is 2.15. The van der Waals surface area contributed by atoms with E-state index in [1.807, 2.05) is 16.3 Å². The third-order valence-corrected chi connectivity index (χ3v) is 3.81. The maximum Gasteiger partial charge on any atom is 0.148 e. The number of rotatable bonds is 6. The Bertz CT molecular complexity index is 568. The minimum atomic E-state index is 0.198. The number of nitrogens with two attached hydrogens (primary N) is 1. The van der Waals surface area contributed by atoms with Gasteiger partial charge in [-0.3, -0.25) is 4.68 Å². The molecular weight excluding hydrogens is 252 g/mol. The summed E-state index contributed by atoms with van der Waals surface area (Å²) in [6.45, 7) is 9.80. The van der Waals surface area contributed by atoms with E-state index in [9.17, 15) is 0 Å². The van der Waals surface area contributed by atoms with Crippen LogP contribution < -0.4 is 5.73 Å². The summed E-state index contributed by atoms with van der Waals surface area (Å²) in [4.78, 5) is 4.31. The minimum Gasteiger partial charge on any atom is -0.327 e. The van der Waals surface area contributed by atoms with E-state index < -0.39 is 0 Å². The standard InChI is InChI=1S/C14H24N6/c1-5-12(15)7-13-10(3)18-20(11(13)4)8-14-16-9-17-19(14)6-2/h9,12H,5-8,15H2,1-4H3. The molecular formula is C14H24N6. The Morgan fingerprint density at radius 2 is 2.00 bits per heavy atom. The molecule has 0 radical (unpaired) electrons. The normalized spacial score (nSPS) is 12.8. The Morgan fingerprint density at radius 3 is 2.65 bits per heavy atom. The van der Waals surface area contributed by atoms with E-state index in [1.54, 1.807) is 6.33 Å². The molecule has 0 aromatic carbocycles. The van der Waals surface area contributed by atoms with Gasteiger partial charge in [-0.15, -0.1) is 0 Å². The van der Waals surface area contributed by atoms with Gasteiger partial charge in [-0.05, 0) is 39.2 Å². The quantitative estimate of drug-likeness (QED) is 0.866. The molecule has 2 aromatic heterocycles. The maximum absolute atomic E-state index is 6.07. The topological polar surface area (TPSA) is 74.6 Å². The Morgan fingerprint density at radius 1 is 1.25 bits per heavy atom. The predicted molar refractivity (Wildman–Crippen MR) is 78.5 cm³/mol. The monoisotopic (exact) mass is 276 g/mol. The average molecular weight is 276 g/mol. The van der Waals surface area contributed by atoms with Gasteiger partial charge in [-0.1, -0.05) is 6.92 Å². The molecule has 0 fully saturated rings. The highest BCUT2D eigenvalue weighted by Crippen LogP contribution is 2.16. The first-order chi connectivity index (χ1) is 9.56. The molecule has 6 heteroatoms. The van der Waals surface area contributed by atoms with Crippen molar-refractivity contribution in [2.45, 2.75) is 59.7 Å². The summed E-state index contributed by atoms with van der Waals surface area (Å²) in [6.07, 6.45) is 3.46. The molecule has 6 nitrogen and oxygen atoms in total. The van der Waals surface area contributed by atoms with Crippen molar-refractivity contribution < 1.29 is 0 Å². The van der Waals surface area contributed by atoms with Crippen molar-refractivity contribution in [1.29, 1.82) is 0 Å². The van der Waals surface area contributed by atoms with Crippen LogP contribution in [0.25, 0.3) is 0 Å². The van der Waals surface area contributed by atoms with Gasteiger partial charge in [0.05, 0.1) is 5.69 Å². The van der Waals surface area contributed by atoms with Gasteiger partial charge in [0.2, 0.25) is 0 Å². The molecule has 0 bridgehead atoms. The van der Waals surface area contributed by atoms with Crippen LogP contribution in [-0.2, 0) is 19.5 Å². The number of nitrogens with zero attached hydrogens (tertiary/aromatic N) is 5. The summed E-state index contributed by atoms with van der Waals surface area (Å²) in [7, 11) is 0. The highest BCUT2D eigenvalue weighted by molar-refractivity contribution is 5.26. The van der Waals surface area contributed by atoms with Gasteiger partial charge >= 0.3 is 0 Å². The number of aromatic nitrogens is 5. The van der Waals surface area contributed by atoms with Gasteiger partial charge in [0.1, 0.15) is 18.7 Å². The summed E-state index contributed by atoms with van der Waals surface area (Å²) in [6, 6.07) is 0.198. The third-order valence-electron chi connectivity index (χ3n) is 3.81. The molecule has 0 aliphatic rings. The van der Waals surface area contributed by atoms with E-state index in [4.69, 9.17) is 5.73 Å². The van der Waals surface area contributed by atoms with Crippen LogP contribution in [0.5, 0.6) is 0 Å². The summed E-state index contributed by atoms with van der Waals surface area (Å²) in [5, 5.41) is 8.82. The lowest BCUT2D eigenvalue weighted by Crippen LogP contribution is -2.22. The molecule has 1 unspecified atom stereocenters. The molecule has 2 aromatic rings. The van der Waals surface area contributed by atoms with Crippen LogP contribution in [0.3, 0.4) is 0 Å². The molecule has 0 aliphatic heterocycles. The molecule has 2 N–H and O–H groups in total. The Kier molecular flexibility index (Phi) is 4.54. The molecule has 0 saturated heterocycles. The van der Waals surface area contributed by atoms with Crippen molar-refractivity contribution >= 4 is 0 Å². The number of aryl methyl sites for hydroxylation is 2. The van der Waals surface area contributed by atoms with Crippen molar-refractivity contribution in [3.05, 3.63) is 29.1 Å². The second kappa shape index (κ2) is 6.17. The van der Waals surface area contributed by atoms with E-state index in [1.165, 1.54) is 11.3 Å². The van der Waals surface area contributed by atoms with Gasteiger partial charge in [-0.2, -0.15) is 10.2 Å². The largest absolute Gasteiger partial charge is 0.327 e. The lowest BCUT2D eigenvalue weighted by atomic mass is 10.0. The maximum atomic E-state index is 6.07. The van der Waals surface area contributed by atoms with Crippen LogP contribution >= 0.6 is 0 Å². The fourth-order valence-corrected chi connectivity index (χ4v) is 2.40. The molecule has 0 amide bonds. The molecule has 110 valence electrons. The van der Waals surface area contributed by atoms with E-state index >= 15 is 0 Å². The van der Waals surface area contributed by atoms with Gasteiger partial charge in [0, 0.05) is 18.3 Å². The molecule has 0 aliphatic carbocycles. The fraction of sp³-hybridized carbons (Fsp3) is 0.643. The summed E-state index contributed by atoms with van der Waals surface area (Å²) in [5.41, 5.74) is 9.58. The Balaban J connectivity index is 2.23. The van der Waals surface area contributed by atoms with E-state index in [-0.39, 0.29) is 6.04 Å². The third kappa shape index (κ3) is 2.90. The fourth-order valence-electron chi connectivity index (χ4n) is 2.40. The Labute approximate surface area is 120 Å². The zero-order chi connectivity index (χ0) is 14.7. The lowest BCUT2D eigenvalue weighted by Gasteiger charge is -2.09. The molecule has 2 rings (SSSR count). The van der Waals surface area contributed by atoms with Crippen LogP contribution in [0.1, 0.15) is 43.0 Å². The van der Waals surface area contributed by atoms with Crippen LogP contribution in [0, 0.1) is 13.8 Å². The molecule has 20 heavy (non-hydrogen) atoms. The van der Waals surface area contributed by atoms with Crippen molar-refractivity contribution in [1.82, 2.24) is 24.5 Å².